The molecule has 4 bridgehead atoms. The number of fused-ring (bicyclic) bond motifs is 1. The molecule has 0 N–H and O–H groups in total. The van der Waals surface area contributed by atoms with Gasteiger partial charge in [-0.1, -0.05) is 6.07 Å². The zero-order valence-electron chi connectivity index (χ0n) is 19.9. The molecule has 4 heterocycles. The van der Waals surface area contributed by atoms with E-state index < -0.39 is 11.1 Å². The van der Waals surface area contributed by atoms with Gasteiger partial charge in [-0.15, -0.1) is 11.3 Å². The Morgan fingerprint density at radius 1 is 1.06 bits per heavy atom. The van der Waals surface area contributed by atoms with Gasteiger partial charge in [0.05, 0.1) is 10.6 Å². The molecule has 4 saturated carbocycles. The predicted octanol–water partition coefficient (Wildman–Crippen LogP) is 5.47. The number of alkyl halides is 3. The molecular formula is C26H28ClF2N5OS. The van der Waals surface area contributed by atoms with E-state index in [4.69, 9.17) is 11.6 Å². The zero-order valence-corrected chi connectivity index (χ0v) is 21.4. The summed E-state index contributed by atoms with van der Waals surface area (Å²) < 4.78 is 29.6. The minimum absolute atomic E-state index is 0.122. The van der Waals surface area contributed by atoms with Crippen LogP contribution in [0.15, 0.2) is 29.6 Å². The van der Waals surface area contributed by atoms with Gasteiger partial charge in [0, 0.05) is 37.8 Å². The summed E-state index contributed by atoms with van der Waals surface area (Å²) in [4.78, 5) is 23.1. The molecule has 8 rings (SSSR count). The van der Waals surface area contributed by atoms with Crippen molar-refractivity contribution in [3.8, 4) is 10.6 Å². The molecule has 0 radical (unpaired) electrons. The topological polar surface area (TPSA) is 53.7 Å². The fraction of sp³-hybridized carbons (Fsp3) is 0.577. The summed E-state index contributed by atoms with van der Waals surface area (Å²) in [5.74, 6) is 2.41. The maximum atomic E-state index is 14.3. The van der Waals surface area contributed by atoms with E-state index in [1.54, 1.807) is 4.90 Å². The lowest BCUT2D eigenvalue weighted by atomic mass is 9.52. The summed E-state index contributed by atoms with van der Waals surface area (Å²) in [5.41, 5.74) is 0.526. The van der Waals surface area contributed by atoms with E-state index in [-0.39, 0.29) is 17.2 Å². The van der Waals surface area contributed by atoms with Gasteiger partial charge in [-0.2, -0.15) is 13.9 Å². The minimum atomic E-state index is -3.65. The van der Waals surface area contributed by atoms with Crippen molar-refractivity contribution in [3.63, 3.8) is 0 Å². The summed E-state index contributed by atoms with van der Waals surface area (Å²) in [6.07, 6.45) is 8.18. The van der Waals surface area contributed by atoms with Crippen LogP contribution >= 0.6 is 22.9 Å². The van der Waals surface area contributed by atoms with Crippen LogP contribution in [0, 0.1) is 17.8 Å². The Bertz CT molecular complexity index is 1280. The van der Waals surface area contributed by atoms with Crippen molar-refractivity contribution < 1.29 is 13.6 Å². The van der Waals surface area contributed by atoms with Gasteiger partial charge in [0.15, 0.2) is 11.3 Å². The van der Waals surface area contributed by atoms with Gasteiger partial charge in [-0.25, -0.2) is 9.50 Å². The van der Waals surface area contributed by atoms with Crippen LogP contribution in [0.4, 0.5) is 8.78 Å². The van der Waals surface area contributed by atoms with E-state index in [1.807, 2.05) is 17.5 Å². The van der Waals surface area contributed by atoms with Gasteiger partial charge >= 0.3 is 5.38 Å². The number of carbonyl (C=O) groups excluding carboxylic acids is 1. The lowest BCUT2D eigenvalue weighted by Gasteiger charge is -2.61. The van der Waals surface area contributed by atoms with Crippen molar-refractivity contribution in [1.82, 2.24) is 24.4 Å². The van der Waals surface area contributed by atoms with E-state index in [0.717, 1.165) is 40.2 Å². The summed E-state index contributed by atoms with van der Waals surface area (Å²) in [7, 11) is 0. The van der Waals surface area contributed by atoms with E-state index in [0.29, 0.717) is 24.3 Å². The standard InChI is InChI=1S/C26H28ClF2N5OS/c27-26(28,29)22-11-19(21-2-1-7-36-21)30-23-12-20(31-34(22)23)24(35)32-3-5-33(6-4-32)25-13-16-8-17(14-25)10-18(9-16)15-25/h1-2,7,11-12,16-18H,3-6,8-10,13-15H2. The molecule has 3 aromatic rings. The molecule has 3 aromatic heterocycles. The molecule has 190 valence electrons. The normalized spacial score (nSPS) is 30.4. The number of carbonyl (C=O) groups is 1. The van der Waals surface area contributed by atoms with Gasteiger partial charge in [0.25, 0.3) is 5.91 Å². The summed E-state index contributed by atoms with van der Waals surface area (Å²) >= 11 is 6.83. The molecule has 0 aromatic carbocycles. The first-order valence-corrected chi connectivity index (χ1v) is 14.1. The monoisotopic (exact) mass is 531 g/mol. The molecule has 36 heavy (non-hydrogen) atoms. The molecule has 5 fully saturated rings. The third-order valence-electron chi connectivity index (χ3n) is 8.95. The maximum Gasteiger partial charge on any atom is 0.364 e. The highest BCUT2D eigenvalue weighted by molar-refractivity contribution is 7.13. The number of halogens is 3. The lowest BCUT2D eigenvalue weighted by Crippen LogP contribution is -2.64. The van der Waals surface area contributed by atoms with Crippen molar-refractivity contribution in [2.75, 3.05) is 26.2 Å². The summed E-state index contributed by atoms with van der Waals surface area (Å²) in [6.45, 7) is 2.97. The highest BCUT2D eigenvalue weighted by atomic mass is 35.5. The third kappa shape index (κ3) is 3.77. The number of amides is 1. The van der Waals surface area contributed by atoms with Crippen LogP contribution in [0.3, 0.4) is 0 Å². The van der Waals surface area contributed by atoms with Crippen molar-refractivity contribution in [3.05, 3.63) is 41.0 Å². The predicted molar refractivity (Wildman–Crippen MR) is 134 cm³/mol. The minimum Gasteiger partial charge on any atom is -0.335 e. The molecule has 6 nitrogen and oxygen atoms in total. The Labute approximate surface area is 217 Å². The molecule has 4 aliphatic carbocycles. The molecular weight excluding hydrogens is 504 g/mol. The Kier molecular flexibility index (Phi) is 5.25. The van der Waals surface area contributed by atoms with Crippen molar-refractivity contribution >= 4 is 34.5 Å². The molecule has 1 saturated heterocycles. The largest absolute Gasteiger partial charge is 0.364 e. The van der Waals surface area contributed by atoms with Crippen LogP contribution < -0.4 is 0 Å². The van der Waals surface area contributed by atoms with Crippen LogP contribution in [-0.4, -0.2) is 62.0 Å². The maximum absolute atomic E-state index is 14.3. The quantitative estimate of drug-likeness (QED) is 0.419. The van der Waals surface area contributed by atoms with Crippen molar-refractivity contribution in [1.29, 1.82) is 0 Å². The smallest absolute Gasteiger partial charge is 0.335 e. The zero-order chi connectivity index (χ0) is 24.7. The fourth-order valence-electron chi connectivity index (χ4n) is 7.83. The van der Waals surface area contributed by atoms with E-state index in [1.165, 1.54) is 62.0 Å². The Morgan fingerprint density at radius 3 is 2.31 bits per heavy atom. The molecule has 0 spiro atoms. The van der Waals surface area contributed by atoms with Gasteiger partial charge in [0.1, 0.15) is 5.69 Å². The van der Waals surface area contributed by atoms with E-state index in [2.05, 4.69) is 15.0 Å². The van der Waals surface area contributed by atoms with Gasteiger partial charge < -0.3 is 4.90 Å². The van der Waals surface area contributed by atoms with Crippen molar-refractivity contribution in [2.24, 2.45) is 17.8 Å². The lowest BCUT2D eigenvalue weighted by molar-refractivity contribution is -0.0987. The second kappa shape index (κ2) is 8.20. The van der Waals surface area contributed by atoms with Gasteiger partial charge in [-0.3, -0.25) is 9.69 Å². The number of aromatic nitrogens is 3. The Balaban J connectivity index is 1.12. The average molecular weight is 532 g/mol. The number of piperazine rings is 1. The first-order valence-electron chi connectivity index (χ1n) is 12.8. The molecule has 0 atom stereocenters. The SMILES string of the molecule is O=C(c1cc2nc(-c3cccs3)cc(C(F)(F)Cl)n2n1)N1CCN(C23CC4CC(CC(C4)C2)C3)CC1. The van der Waals surface area contributed by atoms with Crippen molar-refractivity contribution in [2.45, 2.75) is 49.4 Å². The molecule has 5 aliphatic rings. The van der Waals surface area contributed by atoms with E-state index >= 15 is 0 Å². The van der Waals surface area contributed by atoms with Crippen LogP contribution in [0.2, 0.25) is 0 Å². The van der Waals surface area contributed by atoms with Crippen LogP contribution in [0.1, 0.15) is 54.7 Å². The highest BCUT2D eigenvalue weighted by Gasteiger charge is 2.53. The Hall–Kier alpha value is -2.10. The number of hydrogen-bond donors (Lipinski definition) is 0. The third-order valence-corrected chi connectivity index (χ3v) is 10.0. The molecule has 1 aliphatic heterocycles. The molecule has 10 heteroatoms. The number of thiophene rings is 1. The number of rotatable bonds is 4. The summed E-state index contributed by atoms with van der Waals surface area (Å²) in [6, 6.07) is 6.39. The van der Waals surface area contributed by atoms with Crippen LogP contribution in [-0.2, 0) is 5.38 Å². The average Bonchev–Trinajstić information content (AvgIpc) is 3.52. The Morgan fingerprint density at radius 2 is 1.72 bits per heavy atom. The first kappa shape index (κ1) is 23.0. The molecule has 0 unspecified atom stereocenters. The van der Waals surface area contributed by atoms with Gasteiger partial charge in [0.2, 0.25) is 0 Å². The second-order valence-corrected chi connectivity index (χ2v) is 12.6. The van der Waals surface area contributed by atoms with Crippen LogP contribution in [0.25, 0.3) is 16.2 Å². The number of nitrogens with zero attached hydrogens (tertiary/aromatic N) is 5. The highest BCUT2D eigenvalue weighted by Crippen LogP contribution is 2.57. The first-order chi connectivity index (χ1) is 17.3. The molecule has 1 amide bonds. The number of hydrogen-bond acceptors (Lipinski definition) is 5. The van der Waals surface area contributed by atoms with E-state index in [9.17, 15) is 13.6 Å². The van der Waals surface area contributed by atoms with Gasteiger partial charge in [-0.05, 0) is 85.4 Å². The summed E-state index contributed by atoms with van der Waals surface area (Å²) in [5, 5.41) is 2.44. The van der Waals surface area contributed by atoms with Crippen LogP contribution in [0.5, 0.6) is 0 Å². The second-order valence-electron chi connectivity index (χ2n) is 11.2. The fourth-order valence-corrected chi connectivity index (χ4v) is 8.65.